The van der Waals surface area contributed by atoms with Crippen LogP contribution >= 0.6 is 0 Å². The number of rotatable bonds is 4. The summed E-state index contributed by atoms with van der Waals surface area (Å²) in [6, 6.07) is 3.06. The second kappa shape index (κ2) is 7.23. The van der Waals surface area contributed by atoms with Crippen LogP contribution in [0.25, 0.3) is 11.5 Å². The highest BCUT2D eigenvalue weighted by atomic mass is 19.1. The highest BCUT2D eigenvalue weighted by molar-refractivity contribution is 5.85. The first-order chi connectivity index (χ1) is 12.3. The van der Waals surface area contributed by atoms with Gasteiger partial charge in [-0.3, -0.25) is 9.59 Å². The second-order valence-corrected chi connectivity index (χ2v) is 6.48. The van der Waals surface area contributed by atoms with Crippen molar-refractivity contribution in [2.45, 2.75) is 26.8 Å². The lowest BCUT2D eigenvalue weighted by molar-refractivity contribution is -0.134. The zero-order valence-corrected chi connectivity index (χ0v) is 14.5. The summed E-state index contributed by atoms with van der Waals surface area (Å²) in [4.78, 5) is 29.7. The maximum Gasteiger partial charge on any atom is 0.242 e. The summed E-state index contributed by atoms with van der Waals surface area (Å²) in [5, 5.41) is 2.59. The maximum absolute atomic E-state index is 13.4. The molecule has 1 aromatic heterocycles. The molecule has 0 saturated carbocycles. The van der Waals surface area contributed by atoms with Crippen LogP contribution in [-0.2, 0) is 22.6 Å². The fourth-order valence-corrected chi connectivity index (χ4v) is 2.69. The predicted molar refractivity (Wildman–Crippen MR) is 88.8 cm³/mol. The van der Waals surface area contributed by atoms with E-state index in [1.54, 1.807) is 18.7 Å². The highest BCUT2D eigenvalue weighted by Crippen LogP contribution is 2.27. The lowest BCUT2D eigenvalue weighted by atomic mass is 10.1. The SMILES string of the molecule is CC(C)C(=O)NCC(=O)N1CCc2oc(-c3cc(F)cc(F)c3)nc2C1. The number of fused-ring (bicyclic) bond motifs is 1. The van der Waals surface area contributed by atoms with Gasteiger partial charge in [0, 0.05) is 30.5 Å². The van der Waals surface area contributed by atoms with E-state index in [9.17, 15) is 18.4 Å². The van der Waals surface area contributed by atoms with E-state index in [0.29, 0.717) is 24.4 Å². The number of amides is 2. The Morgan fingerprint density at radius 3 is 2.62 bits per heavy atom. The zero-order valence-electron chi connectivity index (χ0n) is 14.5. The predicted octanol–water partition coefficient (Wildman–Crippen LogP) is 2.28. The number of nitrogens with zero attached hydrogens (tertiary/aromatic N) is 2. The lowest BCUT2D eigenvalue weighted by Crippen LogP contribution is -2.43. The monoisotopic (exact) mass is 363 g/mol. The van der Waals surface area contributed by atoms with Crippen molar-refractivity contribution >= 4 is 11.8 Å². The molecule has 0 atom stereocenters. The van der Waals surface area contributed by atoms with Crippen LogP contribution in [-0.4, -0.2) is 34.8 Å². The van der Waals surface area contributed by atoms with Crippen LogP contribution in [0, 0.1) is 17.6 Å². The van der Waals surface area contributed by atoms with Crippen LogP contribution in [0.5, 0.6) is 0 Å². The van der Waals surface area contributed by atoms with Crippen LogP contribution < -0.4 is 5.32 Å². The van der Waals surface area contributed by atoms with Gasteiger partial charge in [0.15, 0.2) is 0 Å². The normalized spacial score (nSPS) is 13.7. The molecule has 2 aromatic rings. The number of halogens is 2. The summed E-state index contributed by atoms with van der Waals surface area (Å²) in [5.74, 6) is -1.31. The van der Waals surface area contributed by atoms with E-state index in [2.05, 4.69) is 10.3 Å². The third kappa shape index (κ3) is 3.89. The number of carbonyl (C=O) groups excluding carboxylic acids is 2. The minimum atomic E-state index is -0.714. The van der Waals surface area contributed by atoms with Crippen molar-refractivity contribution in [3.8, 4) is 11.5 Å². The molecule has 1 aliphatic rings. The van der Waals surface area contributed by atoms with Crippen molar-refractivity contribution < 1.29 is 22.8 Å². The number of hydrogen-bond donors (Lipinski definition) is 1. The van der Waals surface area contributed by atoms with Gasteiger partial charge in [-0.25, -0.2) is 13.8 Å². The Bertz CT molecular complexity index is 828. The van der Waals surface area contributed by atoms with Crippen molar-refractivity contribution in [1.29, 1.82) is 0 Å². The molecule has 1 aromatic carbocycles. The van der Waals surface area contributed by atoms with Gasteiger partial charge in [-0.05, 0) is 12.1 Å². The number of carbonyl (C=O) groups is 2. The number of oxazole rings is 1. The molecule has 1 aliphatic heterocycles. The van der Waals surface area contributed by atoms with Crippen LogP contribution in [0.3, 0.4) is 0 Å². The molecule has 138 valence electrons. The topological polar surface area (TPSA) is 75.4 Å². The Morgan fingerprint density at radius 2 is 1.96 bits per heavy atom. The minimum Gasteiger partial charge on any atom is -0.441 e. The molecule has 0 radical (unpaired) electrons. The van der Waals surface area contributed by atoms with Gasteiger partial charge >= 0.3 is 0 Å². The van der Waals surface area contributed by atoms with E-state index in [-0.39, 0.29) is 42.3 Å². The standard InChI is InChI=1S/C18H19F2N3O3/c1-10(2)17(25)21-8-16(24)23-4-3-15-14(9-23)22-18(26-15)11-5-12(19)7-13(20)6-11/h5-7,10H,3-4,8-9H2,1-2H3,(H,21,25). The quantitative estimate of drug-likeness (QED) is 0.904. The van der Waals surface area contributed by atoms with Crippen LogP contribution in [0.15, 0.2) is 22.6 Å². The first kappa shape index (κ1) is 18.0. The van der Waals surface area contributed by atoms with E-state index in [4.69, 9.17) is 4.42 Å². The molecular formula is C18H19F2N3O3. The molecule has 0 bridgehead atoms. The molecule has 26 heavy (non-hydrogen) atoms. The molecule has 6 nitrogen and oxygen atoms in total. The fraction of sp³-hybridized carbons (Fsp3) is 0.389. The van der Waals surface area contributed by atoms with Gasteiger partial charge in [0.05, 0.1) is 13.1 Å². The first-order valence-electron chi connectivity index (χ1n) is 8.34. The lowest BCUT2D eigenvalue weighted by Gasteiger charge is -2.25. The third-order valence-electron chi connectivity index (χ3n) is 4.13. The number of benzene rings is 1. The molecule has 3 rings (SSSR count). The minimum absolute atomic E-state index is 0.0772. The Kier molecular flexibility index (Phi) is 5.01. The number of aromatic nitrogens is 1. The summed E-state index contributed by atoms with van der Waals surface area (Å²) < 4.78 is 32.4. The number of hydrogen-bond acceptors (Lipinski definition) is 4. The summed E-state index contributed by atoms with van der Waals surface area (Å²) in [5.41, 5.74) is 0.762. The first-order valence-corrected chi connectivity index (χ1v) is 8.34. The fourth-order valence-electron chi connectivity index (χ4n) is 2.69. The molecule has 2 amide bonds. The van der Waals surface area contributed by atoms with Crippen molar-refractivity contribution in [1.82, 2.24) is 15.2 Å². The molecule has 0 unspecified atom stereocenters. The van der Waals surface area contributed by atoms with E-state index >= 15 is 0 Å². The molecule has 2 heterocycles. The van der Waals surface area contributed by atoms with E-state index < -0.39 is 11.6 Å². The van der Waals surface area contributed by atoms with Crippen molar-refractivity contribution in [3.63, 3.8) is 0 Å². The Hall–Kier alpha value is -2.77. The van der Waals surface area contributed by atoms with Gasteiger partial charge in [-0.1, -0.05) is 13.8 Å². The summed E-state index contributed by atoms with van der Waals surface area (Å²) in [6.45, 7) is 4.08. The Labute approximate surface area is 149 Å². The van der Waals surface area contributed by atoms with Crippen molar-refractivity contribution in [2.24, 2.45) is 5.92 Å². The smallest absolute Gasteiger partial charge is 0.242 e. The van der Waals surface area contributed by atoms with Crippen LogP contribution in [0.4, 0.5) is 8.78 Å². The second-order valence-electron chi connectivity index (χ2n) is 6.48. The van der Waals surface area contributed by atoms with Gasteiger partial charge in [0.2, 0.25) is 17.7 Å². The van der Waals surface area contributed by atoms with Gasteiger partial charge in [0.25, 0.3) is 0 Å². The van der Waals surface area contributed by atoms with Gasteiger partial charge in [-0.15, -0.1) is 0 Å². The van der Waals surface area contributed by atoms with E-state index in [1.165, 1.54) is 0 Å². The number of nitrogens with one attached hydrogen (secondary N) is 1. The van der Waals surface area contributed by atoms with E-state index in [0.717, 1.165) is 18.2 Å². The van der Waals surface area contributed by atoms with Crippen LogP contribution in [0.1, 0.15) is 25.3 Å². The Balaban J connectivity index is 1.70. The third-order valence-corrected chi connectivity index (χ3v) is 4.13. The van der Waals surface area contributed by atoms with Gasteiger partial charge in [-0.2, -0.15) is 0 Å². The molecular weight excluding hydrogens is 344 g/mol. The maximum atomic E-state index is 13.4. The molecule has 0 aliphatic carbocycles. The average Bonchev–Trinajstić information content (AvgIpc) is 3.01. The molecule has 8 heteroatoms. The largest absolute Gasteiger partial charge is 0.441 e. The van der Waals surface area contributed by atoms with Crippen molar-refractivity contribution in [2.75, 3.05) is 13.1 Å². The molecule has 0 fully saturated rings. The molecule has 0 spiro atoms. The summed E-state index contributed by atoms with van der Waals surface area (Å²) >= 11 is 0. The van der Waals surface area contributed by atoms with Crippen molar-refractivity contribution in [3.05, 3.63) is 41.3 Å². The summed E-state index contributed by atoms with van der Waals surface area (Å²) in [7, 11) is 0. The van der Waals surface area contributed by atoms with Crippen LogP contribution in [0.2, 0.25) is 0 Å². The molecule has 0 saturated heterocycles. The van der Waals surface area contributed by atoms with E-state index in [1.807, 2.05) is 0 Å². The molecule has 1 N–H and O–H groups in total. The van der Waals surface area contributed by atoms with Gasteiger partial charge < -0.3 is 14.6 Å². The highest BCUT2D eigenvalue weighted by Gasteiger charge is 2.26. The average molecular weight is 363 g/mol. The summed E-state index contributed by atoms with van der Waals surface area (Å²) in [6.07, 6.45) is 0.448. The zero-order chi connectivity index (χ0) is 18.8. The van der Waals surface area contributed by atoms with Gasteiger partial charge in [0.1, 0.15) is 23.1 Å². The Morgan fingerprint density at radius 1 is 1.27 bits per heavy atom.